The van der Waals surface area contributed by atoms with E-state index < -0.39 is 40.4 Å². The van der Waals surface area contributed by atoms with Gasteiger partial charge < -0.3 is 19.6 Å². The zero-order valence-electron chi connectivity index (χ0n) is 12.1. The quantitative estimate of drug-likeness (QED) is 0.627. The summed E-state index contributed by atoms with van der Waals surface area (Å²) < 4.78 is 9.86. The predicted molar refractivity (Wildman–Crippen MR) is 76.7 cm³/mol. The summed E-state index contributed by atoms with van der Waals surface area (Å²) in [6.45, 7) is 2.00. The van der Waals surface area contributed by atoms with Crippen LogP contribution in [-0.4, -0.2) is 40.2 Å². The molecule has 1 aromatic rings. The fourth-order valence-electron chi connectivity index (χ4n) is 2.14. The first-order chi connectivity index (χ1) is 10.7. The van der Waals surface area contributed by atoms with Crippen molar-refractivity contribution in [3.05, 3.63) is 28.0 Å². The molecule has 23 heavy (non-hydrogen) atoms. The Kier molecular flexibility index (Phi) is 4.55. The van der Waals surface area contributed by atoms with Crippen molar-refractivity contribution in [3.63, 3.8) is 0 Å². The van der Waals surface area contributed by atoms with Crippen molar-refractivity contribution in [1.29, 1.82) is 0 Å². The van der Waals surface area contributed by atoms with Crippen LogP contribution in [0.25, 0.3) is 5.76 Å². The van der Waals surface area contributed by atoms with Crippen LogP contribution in [0.3, 0.4) is 0 Å². The minimum absolute atomic E-state index is 0.0574. The maximum Gasteiger partial charge on any atom is 0.303 e. The molecule has 0 bridgehead atoms. The molecule has 1 atom stereocenters. The third-order valence-electron chi connectivity index (χ3n) is 3.08. The number of allylic oxidation sites excluding steroid dienone is 1. The molecule has 0 amide bonds. The number of esters is 2. The molecule has 0 fully saturated rings. The Balaban J connectivity index is 2.50. The molecule has 0 saturated heterocycles. The summed E-state index contributed by atoms with van der Waals surface area (Å²) in [6, 6.07) is 0. The number of rotatable bonds is 4. The number of halogens is 1. The molecule has 1 aliphatic carbocycles. The van der Waals surface area contributed by atoms with E-state index in [0.29, 0.717) is 0 Å². The first-order valence-corrected chi connectivity index (χ1v) is 6.81. The van der Waals surface area contributed by atoms with Gasteiger partial charge in [0.2, 0.25) is 5.78 Å². The lowest BCUT2D eigenvalue weighted by Crippen LogP contribution is -2.23. The van der Waals surface area contributed by atoms with Crippen molar-refractivity contribution in [2.75, 3.05) is 6.61 Å². The number of aromatic amines is 1. The smallest absolute Gasteiger partial charge is 0.303 e. The van der Waals surface area contributed by atoms with Gasteiger partial charge in [-0.2, -0.15) is 0 Å². The van der Waals surface area contributed by atoms with Crippen LogP contribution in [0.15, 0.2) is 11.2 Å². The summed E-state index contributed by atoms with van der Waals surface area (Å²) >= 11 is 5.66. The lowest BCUT2D eigenvalue weighted by atomic mass is 9.95. The standard InChI is InChI=1S/C14H12ClNO7/c1-5(17)22-4-8(23-6(2)18)7-3-16-11-9(7)12(19)10(15)13(20)14(11)21/h3,8,16,19H,4H2,1-2H3. The van der Waals surface area contributed by atoms with Gasteiger partial charge in [-0.3, -0.25) is 19.2 Å². The maximum absolute atomic E-state index is 11.9. The number of carbonyl (C=O) groups is 4. The van der Waals surface area contributed by atoms with Crippen molar-refractivity contribution >= 4 is 40.9 Å². The first-order valence-electron chi connectivity index (χ1n) is 6.44. The Labute approximate surface area is 135 Å². The Hall–Kier alpha value is -2.61. The summed E-state index contributed by atoms with van der Waals surface area (Å²) in [5, 5.41) is 9.43. The van der Waals surface area contributed by atoms with Crippen LogP contribution in [0, 0.1) is 0 Å². The minimum Gasteiger partial charge on any atom is -0.506 e. The average molecular weight is 342 g/mol. The molecule has 122 valence electrons. The highest BCUT2D eigenvalue weighted by Crippen LogP contribution is 2.35. The molecular weight excluding hydrogens is 330 g/mol. The van der Waals surface area contributed by atoms with Crippen molar-refractivity contribution in [1.82, 2.24) is 4.98 Å². The zero-order chi connectivity index (χ0) is 17.3. The van der Waals surface area contributed by atoms with Crippen LogP contribution >= 0.6 is 11.6 Å². The van der Waals surface area contributed by atoms with Gasteiger partial charge in [0.15, 0.2) is 6.10 Å². The number of aromatic nitrogens is 1. The fraction of sp³-hybridized carbons (Fsp3) is 0.286. The number of hydrogen-bond donors (Lipinski definition) is 2. The number of carbonyl (C=O) groups excluding carboxylic acids is 4. The number of ether oxygens (including phenoxy) is 2. The van der Waals surface area contributed by atoms with Gasteiger partial charge in [-0.1, -0.05) is 11.6 Å². The van der Waals surface area contributed by atoms with Gasteiger partial charge in [0.05, 0.1) is 5.56 Å². The van der Waals surface area contributed by atoms with Gasteiger partial charge in [0.1, 0.15) is 23.1 Å². The third-order valence-corrected chi connectivity index (χ3v) is 3.43. The van der Waals surface area contributed by atoms with Crippen LogP contribution in [0.4, 0.5) is 0 Å². The van der Waals surface area contributed by atoms with E-state index in [9.17, 15) is 24.3 Å². The molecule has 2 rings (SSSR count). The van der Waals surface area contributed by atoms with E-state index in [0.717, 1.165) is 6.92 Å². The molecule has 0 spiro atoms. The summed E-state index contributed by atoms with van der Waals surface area (Å²) in [4.78, 5) is 48.2. The number of fused-ring (bicyclic) bond motifs is 1. The predicted octanol–water partition coefficient (Wildman–Crippen LogP) is 1.41. The maximum atomic E-state index is 11.9. The Bertz CT molecular complexity index is 746. The van der Waals surface area contributed by atoms with Gasteiger partial charge in [-0.25, -0.2) is 0 Å². The van der Waals surface area contributed by atoms with E-state index in [2.05, 4.69) is 4.98 Å². The highest BCUT2D eigenvalue weighted by Gasteiger charge is 2.37. The van der Waals surface area contributed by atoms with Gasteiger partial charge in [-0.05, 0) is 0 Å². The molecule has 1 aliphatic rings. The van der Waals surface area contributed by atoms with Crippen LogP contribution < -0.4 is 0 Å². The van der Waals surface area contributed by atoms with Gasteiger partial charge in [0, 0.05) is 25.6 Å². The molecular formula is C14H12ClNO7. The minimum atomic E-state index is -1.08. The normalized spacial score (nSPS) is 15.3. The van der Waals surface area contributed by atoms with Crippen LogP contribution in [0.5, 0.6) is 0 Å². The summed E-state index contributed by atoms with van der Waals surface area (Å²) in [5.41, 5.74) is -0.0715. The van der Waals surface area contributed by atoms with Crippen molar-refractivity contribution in [2.24, 2.45) is 0 Å². The number of hydrogen-bond acceptors (Lipinski definition) is 7. The third kappa shape index (κ3) is 3.11. The second-order valence-electron chi connectivity index (χ2n) is 4.72. The molecule has 0 saturated carbocycles. The number of ketones is 2. The molecule has 1 aromatic heterocycles. The van der Waals surface area contributed by atoms with Crippen LogP contribution in [0.2, 0.25) is 0 Å². The van der Waals surface area contributed by atoms with Gasteiger partial charge in [-0.15, -0.1) is 0 Å². The lowest BCUT2D eigenvalue weighted by Gasteiger charge is -2.19. The number of nitrogens with one attached hydrogen (secondary N) is 1. The second-order valence-corrected chi connectivity index (χ2v) is 5.09. The number of Topliss-reactive ketones (excluding diaryl/α,β-unsaturated/α-hetero) is 2. The Morgan fingerprint density at radius 3 is 2.48 bits per heavy atom. The van der Waals surface area contributed by atoms with Gasteiger partial charge in [0.25, 0.3) is 5.78 Å². The molecule has 1 unspecified atom stereocenters. The fourth-order valence-corrected chi connectivity index (χ4v) is 2.32. The molecule has 0 aliphatic heterocycles. The monoisotopic (exact) mass is 341 g/mol. The lowest BCUT2D eigenvalue weighted by molar-refractivity contribution is -0.156. The Morgan fingerprint density at radius 1 is 1.26 bits per heavy atom. The zero-order valence-corrected chi connectivity index (χ0v) is 12.9. The van der Waals surface area contributed by atoms with Crippen molar-refractivity contribution < 1.29 is 33.8 Å². The molecule has 8 nitrogen and oxygen atoms in total. The van der Waals surface area contributed by atoms with Gasteiger partial charge >= 0.3 is 11.9 Å². The highest BCUT2D eigenvalue weighted by molar-refractivity contribution is 6.63. The molecule has 2 N–H and O–H groups in total. The van der Waals surface area contributed by atoms with Crippen LogP contribution in [-0.2, 0) is 23.9 Å². The Morgan fingerprint density at radius 2 is 1.91 bits per heavy atom. The summed E-state index contributed by atoms with van der Waals surface area (Å²) in [7, 11) is 0. The average Bonchev–Trinajstić information content (AvgIpc) is 2.91. The molecule has 9 heteroatoms. The van der Waals surface area contributed by atoms with E-state index in [4.69, 9.17) is 21.1 Å². The topological polar surface area (TPSA) is 123 Å². The number of aliphatic hydroxyl groups excluding tert-OH is 1. The summed E-state index contributed by atoms with van der Waals surface area (Å²) in [5.74, 6) is -3.85. The largest absolute Gasteiger partial charge is 0.506 e. The first kappa shape index (κ1) is 16.8. The molecule has 1 heterocycles. The number of H-pyrrole nitrogens is 1. The highest BCUT2D eigenvalue weighted by atomic mass is 35.5. The second kappa shape index (κ2) is 6.25. The van der Waals surface area contributed by atoms with E-state index >= 15 is 0 Å². The molecule has 0 aromatic carbocycles. The SMILES string of the molecule is CC(=O)OCC(OC(C)=O)c1c[nH]c2c1C(O)=C(Cl)C(=O)C2=O. The molecule has 0 radical (unpaired) electrons. The summed E-state index contributed by atoms with van der Waals surface area (Å²) in [6.07, 6.45) is 0.197. The van der Waals surface area contributed by atoms with E-state index in [1.165, 1.54) is 13.1 Å². The number of aliphatic hydroxyl groups is 1. The van der Waals surface area contributed by atoms with Crippen molar-refractivity contribution in [2.45, 2.75) is 20.0 Å². The van der Waals surface area contributed by atoms with Crippen molar-refractivity contribution in [3.8, 4) is 0 Å². The van der Waals surface area contributed by atoms with E-state index in [-0.39, 0.29) is 23.4 Å². The van der Waals surface area contributed by atoms with E-state index in [1.807, 2.05) is 0 Å². The van der Waals surface area contributed by atoms with Crippen LogP contribution in [0.1, 0.15) is 41.6 Å². The van der Waals surface area contributed by atoms with E-state index in [1.54, 1.807) is 0 Å².